The van der Waals surface area contributed by atoms with Gasteiger partial charge < -0.3 is 9.29 Å². The molecule has 1 aliphatic heterocycles. The highest BCUT2D eigenvalue weighted by Gasteiger charge is 2.31. The van der Waals surface area contributed by atoms with Crippen LogP contribution in [0.3, 0.4) is 0 Å². The number of nitrogens with zero attached hydrogens (tertiary/aromatic N) is 2. The minimum atomic E-state index is -2.39. The zero-order valence-corrected chi connectivity index (χ0v) is 21.0. The molecular formula is C29H28N2O5S. The summed E-state index contributed by atoms with van der Waals surface area (Å²) in [6.07, 6.45) is 1.63. The summed E-state index contributed by atoms with van der Waals surface area (Å²) in [5.41, 5.74) is 1.80. The van der Waals surface area contributed by atoms with E-state index in [1.54, 1.807) is 24.3 Å². The Kier molecular flexibility index (Phi) is 7.60. The van der Waals surface area contributed by atoms with Gasteiger partial charge in [-0.25, -0.2) is 4.21 Å². The van der Waals surface area contributed by atoms with Crippen LogP contribution >= 0.6 is 0 Å². The van der Waals surface area contributed by atoms with Crippen LogP contribution in [0.2, 0.25) is 0 Å². The molecule has 1 heterocycles. The van der Waals surface area contributed by atoms with Crippen LogP contribution in [0, 0.1) is 10.1 Å². The SMILES string of the molecule is O=[N+]([O-])c1ccc(OC2CCN(Cc3ccccc3)CC2)cc1C(c1cccc2ccccc12)S(=O)O. The van der Waals surface area contributed by atoms with Gasteiger partial charge in [-0.15, -0.1) is 0 Å². The van der Waals surface area contributed by atoms with Crippen LogP contribution in [0.4, 0.5) is 5.69 Å². The van der Waals surface area contributed by atoms with Crippen molar-refractivity contribution < 1.29 is 18.4 Å². The molecule has 4 aromatic carbocycles. The van der Waals surface area contributed by atoms with Gasteiger partial charge in [0, 0.05) is 25.7 Å². The molecule has 37 heavy (non-hydrogen) atoms. The second-order valence-corrected chi connectivity index (χ2v) is 10.3. The Morgan fingerprint density at radius 1 is 0.946 bits per heavy atom. The number of piperidine rings is 1. The number of hydrogen-bond donors (Lipinski definition) is 1. The minimum absolute atomic E-state index is 0.0306. The molecule has 5 rings (SSSR count). The monoisotopic (exact) mass is 516 g/mol. The van der Waals surface area contributed by atoms with Gasteiger partial charge in [0.25, 0.3) is 5.69 Å². The van der Waals surface area contributed by atoms with Crippen molar-refractivity contribution in [2.45, 2.75) is 30.7 Å². The predicted molar refractivity (Wildman–Crippen MR) is 145 cm³/mol. The molecule has 1 saturated heterocycles. The number of benzene rings is 4. The van der Waals surface area contributed by atoms with Crippen molar-refractivity contribution in [2.75, 3.05) is 13.1 Å². The highest BCUT2D eigenvalue weighted by molar-refractivity contribution is 7.79. The first-order valence-corrected chi connectivity index (χ1v) is 13.4. The summed E-state index contributed by atoms with van der Waals surface area (Å²) >= 11 is -2.39. The summed E-state index contributed by atoms with van der Waals surface area (Å²) in [7, 11) is 0. The molecule has 0 spiro atoms. The van der Waals surface area contributed by atoms with Gasteiger partial charge in [0.05, 0.1) is 10.5 Å². The summed E-state index contributed by atoms with van der Waals surface area (Å²) in [6, 6.07) is 27.8. The van der Waals surface area contributed by atoms with Gasteiger partial charge in [0.2, 0.25) is 0 Å². The zero-order valence-electron chi connectivity index (χ0n) is 20.2. The highest BCUT2D eigenvalue weighted by Crippen LogP contribution is 2.39. The summed E-state index contributed by atoms with van der Waals surface area (Å²) in [5, 5.41) is 12.5. The van der Waals surface area contributed by atoms with Gasteiger partial charge >= 0.3 is 0 Å². The number of ether oxygens (including phenoxy) is 1. The summed E-state index contributed by atoms with van der Waals surface area (Å²) < 4.78 is 29.3. The van der Waals surface area contributed by atoms with Crippen molar-refractivity contribution in [3.8, 4) is 5.75 Å². The van der Waals surface area contributed by atoms with E-state index in [1.807, 2.05) is 48.5 Å². The van der Waals surface area contributed by atoms with Crippen molar-refractivity contribution in [3.05, 3.63) is 118 Å². The quantitative estimate of drug-likeness (QED) is 0.173. The van der Waals surface area contributed by atoms with Gasteiger partial charge in [-0.2, -0.15) is 0 Å². The molecule has 2 atom stereocenters. The molecule has 8 heteroatoms. The molecular weight excluding hydrogens is 488 g/mol. The predicted octanol–water partition coefficient (Wildman–Crippen LogP) is 6.10. The lowest BCUT2D eigenvalue weighted by Gasteiger charge is -2.32. The molecule has 0 aromatic heterocycles. The van der Waals surface area contributed by atoms with Crippen LogP contribution < -0.4 is 4.74 Å². The number of nitro benzene ring substituents is 1. The Hall–Kier alpha value is -3.59. The fourth-order valence-corrected chi connectivity index (χ4v) is 5.89. The van der Waals surface area contributed by atoms with Crippen molar-refractivity contribution in [3.63, 3.8) is 0 Å². The third-order valence-corrected chi connectivity index (χ3v) is 7.78. The Balaban J connectivity index is 1.39. The number of likely N-dealkylation sites (tertiary alicyclic amines) is 1. The van der Waals surface area contributed by atoms with Gasteiger partial charge in [0.1, 0.15) is 17.1 Å². The molecule has 0 bridgehead atoms. The molecule has 2 unspecified atom stereocenters. The van der Waals surface area contributed by atoms with E-state index >= 15 is 0 Å². The zero-order chi connectivity index (χ0) is 25.8. The van der Waals surface area contributed by atoms with E-state index in [2.05, 4.69) is 17.0 Å². The van der Waals surface area contributed by atoms with Crippen LogP contribution in [0.1, 0.15) is 34.8 Å². The fraction of sp³-hybridized carbons (Fsp3) is 0.241. The van der Waals surface area contributed by atoms with Crippen LogP contribution in [0.15, 0.2) is 91.0 Å². The van der Waals surface area contributed by atoms with Crippen molar-refractivity contribution in [2.24, 2.45) is 0 Å². The average Bonchev–Trinajstić information content (AvgIpc) is 2.90. The molecule has 7 nitrogen and oxygen atoms in total. The highest BCUT2D eigenvalue weighted by atomic mass is 32.2. The lowest BCUT2D eigenvalue weighted by Crippen LogP contribution is -2.37. The van der Waals surface area contributed by atoms with Crippen LogP contribution in [-0.4, -0.2) is 37.8 Å². The van der Waals surface area contributed by atoms with Crippen molar-refractivity contribution >= 4 is 27.5 Å². The van der Waals surface area contributed by atoms with E-state index in [4.69, 9.17) is 4.74 Å². The maximum absolute atomic E-state index is 12.6. The Labute approximate surface area is 218 Å². The van der Waals surface area contributed by atoms with Crippen LogP contribution in [-0.2, 0) is 17.6 Å². The van der Waals surface area contributed by atoms with Crippen molar-refractivity contribution in [1.82, 2.24) is 4.90 Å². The lowest BCUT2D eigenvalue weighted by molar-refractivity contribution is -0.385. The lowest BCUT2D eigenvalue weighted by atomic mass is 9.96. The topological polar surface area (TPSA) is 92.9 Å². The molecule has 1 fully saturated rings. The summed E-state index contributed by atoms with van der Waals surface area (Å²) in [5.74, 6) is 0.470. The fourth-order valence-electron chi connectivity index (χ4n) is 5.07. The van der Waals surface area contributed by atoms with Gasteiger partial charge in [-0.05, 0) is 46.9 Å². The van der Waals surface area contributed by atoms with E-state index in [1.165, 1.54) is 11.6 Å². The first-order chi connectivity index (χ1) is 18.0. The number of fused-ring (bicyclic) bond motifs is 1. The molecule has 0 saturated carbocycles. The standard InChI is InChI=1S/C29H28N2O5S/c32-31(33)28-14-13-24(36-23-15-17-30(18-16-23)20-21-7-2-1-3-8-21)19-27(28)29(37(34)35)26-12-6-10-22-9-4-5-11-25(22)26/h1-14,19,23,29H,15-18,20H2,(H,34,35). The third-order valence-electron chi connectivity index (χ3n) is 6.87. The molecule has 4 aromatic rings. The number of rotatable bonds is 8. The largest absolute Gasteiger partial charge is 0.490 e. The first kappa shape index (κ1) is 25.1. The smallest absolute Gasteiger partial charge is 0.274 e. The molecule has 1 aliphatic rings. The molecule has 190 valence electrons. The second-order valence-electron chi connectivity index (χ2n) is 9.28. The average molecular weight is 517 g/mol. The summed E-state index contributed by atoms with van der Waals surface area (Å²) in [4.78, 5) is 13.8. The Morgan fingerprint density at radius 2 is 1.65 bits per heavy atom. The number of nitro groups is 1. The maximum atomic E-state index is 12.6. The molecule has 0 amide bonds. The van der Waals surface area contributed by atoms with E-state index in [-0.39, 0.29) is 17.4 Å². The van der Waals surface area contributed by atoms with E-state index in [0.29, 0.717) is 11.3 Å². The van der Waals surface area contributed by atoms with Crippen LogP contribution in [0.25, 0.3) is 10.8 Å². The van der Waals surface area contributed by atoms with Gasteiger partial charge in [-0.1, -0.05) is 72.8 Å². The Bertz CT molecular complexity index is 1420. The maximum Gasteiger partial charge on any atom is 0.274 e. The molecule has 1 N–H and O–H groups in total. The van der Waals surface area contributed by atoms with Crippen LogP contribution in [0.5, 0.6) is 5.75 Å². The molecule has 0 aliphatic carbocycles. The van der Waals surface area contributed by atoms with E-state index in [9.17, 15) is 18.9 Å². The van der Waals surface area contributed by atoms with Crippen molar-refractivity contribution in [1.29, 1.82) is 0 Å². The normalized spacial score (nSPS) is 16.4. The minimum Gasteiger partial charge on any atom is -0.490 e. The van der Waals surface area contributed by atoms with E-state index in [0.717, 1.165) is 43.2 Å². The first-order valence-electron chi connectivity index (χ1n) is 12.3. The van der Waals surface area contributed by atoms with Gasteiger partial charge in [-0.3, -0.25) is 15.0 Å². The summed E-state index contributed by atoms with van der Waals surface area (Å²) in [6.45, 7) is 2.67. The number of hydrogen-bond acceptors (Lipinski definition) is 5. The Morgan fingerprint density at radius 3 is 2.38 bits per heavy atom. The molecule has 0 radical (unpaired) electrons. The second kappa shape index (κ2) is 11.2. The third kappa shape index (κ3) is 5.72. The van der Waals surface area contributed by atoms with E-state index < -0.39 is 21.3 Å². The van der Waals surface area contributed by atoms with Gasteiger partial charge in [0.15, 0.2) is 11.1 Å².